The second-order valence-electron chi connectivity index (χ2n) is 14.7. The van der Waals surface area contributed by atoms with E-state index in [9.17, 15) is 0 Å². The molecule has 0 bridgehead atoms. The summed E-state index contributed by atoms with van der Waals surface area (Å²) < 4.78 is 5.92. The summed E-state index contributed by atoms with van der Waals surface area (Å²) >= 11 is 0. The molecule has 0 aromatic heterocycles. The van der Waals surface area contributed by atoms with Crippen LogP contribution in [0.15, 0.2) is 98.7 Å². The molecule has 2 saturated heterocycles. The molecule has 2 aliphatic heterocycles. The number of rotatable bonds is 13. The Labute approximate surface area is 295 Å². The highest BCUT2D eigenvalue weighted by atomic mass is 16.5. The number of nitrogens with zero attached hydrogens (tertiary/aromatic N) is 2. The van der Waals surface area contributed by atoms with Gasteiger partial charge in [0.2, 0.25) is 0 Å². The Kier molecular flexibility index (Phi) is 15.9. The fourth-order valence-electron chi connectivity index (χ4n) is 7.44. The molecule has 0 saturated carbocycles. The SMILES string of the molecule is C=C(OC(C)(C)C)N1CCC[C@@H](C(=C)N2CCCC2)C1.C=CCC.C=CNCC1(CCCCCC)c2ccccc2Cc2ccccc21. The minimum absolute atomic E-state index is 0.0629. The number of allylic oxidation sites excluding steroid dienone is 1. The summed E-state index contributed by atoms with van der Waals surface area (Å²) in [6.07, 6.45) is 17.3. The van der Waals surface area contributed by atoms with Gasteiger partial charge in [0.15, 0.2) is 5.88 Å². The first-order valence-corrected chi connectivity index (χ1v) is 18.8. The van der Waals surface area contributed by atoms with Crippen LogP contribution >= 0.6 is 0 Å². The molecule has 2 heterocycles. The van der Waals surface area contributed by atoms with Crippen LogP contribution in [0.2, 0.25) is 0 Å². The van der Waals surface area contributed by atoms with Gasteiger partial charge in [0.05, 0.1) is 0 Å². The zero-order valence-corrected chi connectivity index (χ0v) is 31.3. The van der Waals surface area contributed by atoms with Crippen molar-refractivity contribution >= 4 is 0 Å². The lowest BCUT2D eigenvalue weighted by Crippen LogP contribution is -2.41. The van der Waals surface area contributed by atoms with E-state index in [1.54, 1.807) is 0 Å². The smallest absolute Gasteiger partial charge is 0.182 e. The molecule has 0 amide bonds. The van der Waals surface area contributed by atoms with Gasteiger partial charge in [-0.3, -0.25) is 0 Å². The van der Waals surface area contributed by atoms with Crippen LogP contribution in [-0.2, 0) is 16.6 Å². The van der Waals surface area contributed by atoms with Gasteiger partial charge in [0, 0.05) is 49.8 Å². The summed E-state index contributed by atoms with van der Waals surface area (Å²) in [4.78, 5) is 4.77. The number of piperidine rings is 1. The first-order chi connectivity index (χ1) is 23.1. The largest absolute Gasteiger partial charge is 0.474 e. The van der Waals surface area contributed by atoms with Crippen molar-refractivity contribution in [2.24, 2.45) is 5.92 Å². The van der Waals surface area contributed by atoms with Crippen molar-refractivity contribution in [1.82, 2.24) is 15.1 Å². The average Bonchev–Trinajstić information content (AvgIpc) is 3.64. The Morgan fingerprint density at radius 1 is 0.875 bits per heavy atom. The highest BCUT2D eigenvalue weighted by Crippen LogP contribution is 2.44. The van der Waals surface area contributed by atoms with Crippen molar-refractivity contribution in [1.29, 1.82) is 0 Å². The van der Waals surface area contributed by atoms with Crippen molar-refractivity contribution in [2.75, 3.05) is 32.7 Å². The number of hydrogen-bond donors (Lipinski definition) is 1. The van der Waals surface area contributed by atoms with Gasteiger partial charge in [0.1, 0.15) is 5.60 Å². The third-order valence-corrected chi connectivity index (χ3v) is 9.92. The zero-order valence-electron chi connectivity index (χ0n) is 31.3. The van der Waals surface area contributed by atoms with Gasteiger partial charge in [-0.05, 0) is 101 Å². The van der Waals surface area contributed by atoms with Crippen molar-refractivity contribution in [3.05, 3.63) is 121 Å². The summed E-state index contributed by atoms with van der Waals surface area (Å²) in [5.41, 5.74) is 7.21. The quantitative estimate of drug-likeness (QED) is 0.132. The zero-order chi connectivity index (χ0) is 35.0. The van der Waals surface area contributed by atoms with E-state index >= 15 is 0 Å². The number of unbranched alkanes of at least 4 members (excludes halogenated alkanes) is 3. The number of nitrogens with one attached hydrogen (secondary N) is 1. The van der Waals surface area contributed by atoms with E-state index in [2.05, 4.69) is 125 Å². The molecule has 2 aromatic rings. The number of hydrogen-bond acceptors (Lipinski definition) is 4. The van der Waals surface area contributed by atoms with E-state index in [4.69, 9.17) is 4.74 Å². The number of benzene rings is 2. The fraction of sp³-hybridized carbons (Fsp3) is 0.545. The van der Waals surface area contributed by atoms with Crippen LogP contribution in [0.25, 0.3) is 0 Å². The Morgan fingerprint density at radius 2 is 1.46 bits per heavy atom. The van der Waals surface area contributed by atoms with Gasteiger partial charge in [0.25, 0.3) is 0 Å². The van der Waals surface area contributed by atoms with Gasteiger partial charge in [-0.1, -0.05) is 107 Å². The summed E-state index contributed by atoms with van der Waals surface area (Å²) in [7, 11) is 0. The van der Waals surface area contributed by atoms with E-state index in [1.807, 2.05) is 12.3 Å². The van der Waals surface area contributed by atoms with Crippen molar-refractivity contribution < 1.29 is 4.74 Å². The predicted molar refractivity (Wildman–Crippen MR) is 208 cm³/mol. The molecular formula is C44H67N3O. The predicted octanol–water partition coefficient (Wildman–Crippen LogP) is 10.8. The van der Waals surface area contributed by atoms with E-state index in [0.717, 1.165) is 38.4 Å². The number of fused-ring (bicyclic) bond motifs is 2. The average molecular weight is 654 g/mol. The lowest BCUT2D eigenvalue weighted by Gasteiger charge is -2.41. The molecule has 0 spiro atoms. The highest BCUT2D eigenvalue weighted by molar-refractivity contribution is 5.54. The Bertz CT molecular complexity index is 1250. The van der Waals surface area contributed by atoms with Gasteiger partial charge in [-0.15, -0.1) is 6.58 Å². The first-order valence-electron chi connectivity index (χ1n) is 18.8. The van der Waals surface area contributed by atoms with Crippen LogP contribution in [0.5, 0.6) is 0 Å². The third kappa shape index (κ3) is 11.1. The lowest BCUT2D eigenvalue weighted by molar-refractivity contribution is -0.00687. The Balaban J connectivity index is 0.000000238. The molecular weight excluding hydrogens is 587 g/mol. The molecule has 2 fully saturated rings. The Morgan fingerprint density at radius 3 is 2.00 bits per heavy atom. The van der Waals surface area contributed by atoms with Crippen LogP contribution in [0, 0.1) is 5.92 Å². The molecule has 1 N–H and O–H groups in total. The van der Waals surface area contributed by atoms with Gasteiger partial charge in [-0.2, -0.15) is 0 Å². The van der Waals surface area contributed by atoms with E-state index in [-0.39, 0.29) is 11.0 Å². The van der Waals surface area contributed by atoms with Crippen LogP contribution in [0.3, 0.4) is 0 Å². The number of likely N-dealkylation sites (tertiary alicyclic amines) is 2. The molecule has 1 aliphatic carbocycles. The monoisotopic (exact) mass is 654 g/mol. The molecule has 1 atom stereocenters. The molecule has 0 unspecified atom stereocenters. The maximum atomic E-state index is 5.92. The molecule has 2 aromatic carbocycles. The summed E-state index contributed by atoms with van der Waals surface area (Å²) in [6.45, 7) is 31.8. The maximum Gasteiger partial charge on any atom is 0.182 e. The fourth-order valence-corrected chi connectivity index (χ4v) is 7.44. The molecule has 48 heavy (non-hydrogen) atoms. The van der Waals surface area contributed by atoms with Gasteiger partial charge in [-0.25, -0.2) is 0 Å². The van der Waals surface area contributed by atoms with Gasteiger partial charge >= 0.3 is 0 Å². The second kappa shape index (κ2) is 19.6. The minimum atomic E-state index is -0.171. The first kappa shape index (κ1) is 39.0. The Hall–Kier alpha value is -3.40. The summed E-state index contributed by atoms with van der Waals surface area (Å²) in [6, 6.07) is 18.0. The minimum Gasteiger partial charge on any atom is -0.474 e. The van der Waals surface area contributed by atoms with E-state index in [1.165, 1.54) is 98.8 Å². The molecule has 3 aliphatic rings. The molecule has 5 rings (SSSR count). The summed E-state index contributed by atoms with van der Waals surface area (Å²) in [5.74, 6) is 1.37. The maximum absolute atomic E-state index is 5.92. The molecule has 4 heteroatoms. The van der Waals surface area contributed by atoms with Gasteiger partial charge < -0.3 is 19.9 Å². The van der Waals surface area contributed by atoms with Crippen LogP contribution in [0.4, 0.5) is 0 Å². The normalized spacial score (nSPS) is 17.7. The third-order valence-electron chi connectivity index (χ3n) is 9.92. The van der Waals surface area contributed by atoms with Crippen molar-refractivity contribution in [2.45, 2.75) is 116 Å². The van der Waals surface area contributed by atoms with Crippen molar-refractivity contribution in [3.8, 4) is 0 Å². The molecule has 4 nitrogen and oxygen atoms in total. The molecule has 264 valence electrons. The van der Waals surface area contributed by atoms with Crippen LogP contribution in [0.1, 0.15) is 121 Å². The highest BCUT2D eigenvalue weighted by Gasteiger charge is 2.39. The van der Waals surface area contributed by atoms with Crippen molar-refractivity contribution in [3.63, 3.8) is 0 Å². The standard InChI is InChI=1S/C23H29N.C17H30N2O.C4H8/c1-3-5-6-11-16-23(18-24-4-2)21-14-9-7-12-19(21)17-20-13-8-10-15-22(20)23;1-14(18-10-6-7-11-18)16-9-8-12-19(13-16)15(2)20-17(3,4)5;1-3-4-2/h4,7-10,12-15,24H,2-3,5-6,11,16-18H2,1H3;16H,1-2,6-13H2,3-5H3;3H,1,4H2,2H3/t;16-;/m.1./s1. The topological polar surface area (TPSA) is 27.7 Å². The van der Waals surface area contributed by atoms with E-state index in [0.29, 0.717) is 5.92 Å². The lowest BCUT2D eigenvalue weighted by atomic mass is 9.64. The molecule has 0 radical (unpaired) electrons. The van der Waals surface area contributed by atoms with Crippen LogP contribution in [-0.4, -0.2) is 48.1 Å². The summed E-state index contributed by atoms with van der Waals surface area (Å²) in [5, 5.41) is 3.45. The second-order valence-corrected chi connectivity index (χ2v) is 14.7. The number of ether oxygens (including phenoxy) is 1. The van der Waals surface area contributed by atoms with Crippen LogP contribution < -0.4 is 5.32 Å². The van der Waals surface area contributed by atoms with E-state index < -0.39 is 0 Å².